The highest BCUT2D eigenvalue weighted by Gasteiger charge is 2.11. The van der Waals surface area contributed by atoms with Crippen LogP contribution >= 0.6 is 24.0 Å². The van der Waals surface area contributed by atoms with Crippen LogP contribution in [0.15, 0.2) is 57.9 Å². The largest absolute Gasteiger partial charge is 0.497 e. The van der Waals surface area contributed by atoms with Crippen molar-refractivity contribution in [1.29, 1.82) is 0 Å². The molecule has 0 radical (unpaired) electrons. The second-order valence-electron chi connectivity index (χ2n) is 6.51. The second-order valence-corrected chi connectivity index (χ2v) is 6.51. The summed E-state index contributed by atoms with van der Waals surface area (Å²) in [5.41, 5.74) is 2.76. The molecule has 1 heterocycles. The third-order valence-electron chi connectivity index (χ3n) is 4.61. The molecule has 1 aromatic heterocycles. The Balaban J connectivity index is 0.00000300. The van der Waals surface area contributed by atoms with Crippen molar-refractivity contribution in [3.63, 3.8) is 0 Å². The minimum atomic E-state index is -0.674. The number of hydrogen-bond donors (Lipinski definition) is 3. The average molecular weight is 509 g/mol. The van der Waals surface area contributed by atoms with Crippen LogP contribution in [0.3, 0.4) is 0 Å². The Hall–Kier alpha value is -2.26. The zero-order valence-electron chi connectivity index (χ0n) is 16.9. The summed E-state index contributed by atoms with van der Waals surface area (Å²) in [4.78, 5) is 4.60. The van der Waals surface area contributed by atoms with Crippen LogP contribution < -0.4 is 15.4 Å². The van der Waals surface area contributed by atoms with Gasteiger partial charge in [0.2, 0.25) is 0 Å². The number of aryl methyl sites for hydroxylation is 1. The molecule has 1 unspecified atom stereocenters. The highest BCUT2D eigenvalue weighted by Crippen LogP contribution is 2.25. The van der Waals surface area contributed by atoms with E-state index >= 15 is 0 Å². The van der Waals surface area contributed by atoms with Gasteiger partial charge in [-0.25, -0.2) is 4.99 Å². The van der Waals surface area contributed by atoms with Gasteiger partial charge in [0.1, 0.15) is 23.6 Å². The molecule has 3 aromatic rings. The van der Waals surface area contributed by atoms with Crippen molar-refractivity contribution in [2.45, 2.75) is 26.5 Å². The van der Waals surface area contributed by atoms with Crippen LogP contribution in [-0.4, -0.2) is 31.3 Å². The second kappa shape index (κ2) is 11.1. The maximum absolute atomic E-state index is 10.5. The Morgan fingerprint density at radius 1 is 1.17 bits per heavy atom. The van der Waals surface area contributed by atoms with Crippen molar-refractivity contribution < 1.29 is 14.3 Å². The number of guanidine groups is 1. The molecule has 156 valence electrons. The van der Waals surface area contributed by atoms with Crippen LogP contribution in [0.25, 0.3) is 11.0 Å². The van der Waals surface area contributed by atoms with Crippen molar-refractivity contribution >= 4 is 40.9 Å². The summed E-state index contributed by atoms with van der Waals surface area (Å²) in [6.45, 7) is 5.52. The molecule has 6 nitrogen and oxygen atoms in total. The summed E-state index contributed by atoms with van der Waals surface area (Å²) in [5.74, 6) is 2.19. The number of nitrogens with zero attached hydrogens (tertiary/aromatic N) is 1. The van der Waals surface area contributed by atoms with Crippen molar-refractivity contribution in [2.75, 3.05) is 20.2 Å². The van der Waals surface area contributed by atoms with E-state index in [-0.39, 0.29) is 24.0 Å². The molecule has 0 aliphatic heterocycles. The highest BCUT2D eigenvalue weighted by atomic mass is 127. The van der Waals surface area contributed by atoms with E-state index < -0.39 is 6.10 Å². The Morgan fingerprint density at radius 3 is 2.69 bits per heavy atom. The number of fused-ring (bicyclic) bond motifs is 1. The predicted octanol–water partition coefficient (Wildman–Crippen LogP) is 4.16. The Kier molecular flexibility index (Phi) is 8.78. The van der Waals surface area contributed by atoms with Gasteiger partial charge in [-0.05, 0) is 37.6 Å². The van der Waals surface area contributed by atoms with Gasteiger partial charge in [-0.3, -0.25) is 0 Å². The van der Waals surface area contributed by atoms with Crippen LogP contribution in [0.1, 0.15) is 29.9 Å². The number of aliphatic hydroxyl groups is 1. The molecule has 0 saturated carbocycles. The van der Waals surface area contributed by atoms with Gasteiger partial charge < -0.3 is 24.9 Å². The van der Waals surface area contributed by atoms with E-state index in [2.05, 4.69) is 21.7 Å². The molecule has 3 rings (SSSR count). The number of furan rings is 1. The number of benzene rings is 2. The summed E-state index contributed by atoms with van der Waals surface area (Å²) in [5, 5.41) is 18.0. The minimum Gasteiger partial charge on any atom is -0.497 e. The monoisotopic (exact) mass is 509 g/mol. The zero-order chi connectivity index (χ0) is 19.9. The number of methoxy groups -OCH3 is 1. The van der Waals surface area contributed by atoms with Gasteiger partial charge in [-0.1, -0.05) is 30.3 Å². The Labute approximate surface area is 188 Å². The molecular weight excluding hydrogens is 481 g/mol. The fourth-order valence-electron chi connectivity index (χ4n) is 3.03. The normalized spacial score (nSPS) is 12.3. The van der Waals surface area contributed by atoms with Crippen LogP contribution in [-0.2, 0) is 6.54 Å². The molecule has 7 heteroatoms. The van der Waals surface area contributed by atoms with Crippen molar-refractivity contribution in [3.8, 4) is 5.75 Å². The van der Waals surface area contributed by atoms with Crippen LogP contribution in [0, 0.1) is 6.92 Å². The predicted molar refractivity (Wildman–Crippen MR) is 127 cm³/mol. The lowest BCUT2D eigenvalue weighted by Gasteiger charge is -2.16. The van der Waals surface area contributed by atoms with Gasteiger partial charge in [-0.15, -0.1) is 24.0 Å². The number of para-hydroxylation sites is 1. The third-order valence-corrected chi connectivity index (χ3v) is 4.61. The maximum atomic E-state index is 10.5. The first-order chi connectivity index (χ1) is 13.6. The quantitative estimate of drug-likeness (QED) is 0.253. The standard InChI is InChI=1S/C22H27N3O3.HI/c1-4-23-22(24-13-19(26)16-8-7-9-17(12-16)27-3)25-14-21-15(2)18-10-5-6-11-20(18)28-21;/h5-12,19,26H,4,13-14H2,1-3H3,(H2,23,24,25);1H. The Bertz CT molecular complexity index is 955. The first-order valence-corrected chi connectivity index (χ1v) is 9.43. The maximum Gasteiger partial charge on any atom is 0.191 e. The van der Waals surface area contributed by atoms with E-state index in [1.165, 1.54) is 0 Å². The van der Waals surface area contributed by atoms with E-state index in [9.17, 15) is 5.11 Å². The number of rotatable bonds is 7. The topological polar surface area (TPSA) is 79.0 Å². The number of hydrogen-bond acceptors (Lipinski definition) is 4. The summed E-state index contributed by atoms with van der Waals surface area (Å²) < 4.78 is 11.1. The van der Waals surface area contributed by atoms with Gasteiger partial charge in [0.25, 0.3) is 0 Å². The van der Waals surface area contributed by atoms with Gasteiger partial charge in [0.15, 0.2) is 5.96 Å². The molecule has 2 aromatic carbocycles. The van der Waals surface area contributed by atoms with Crippen LogP contribution in [0.5, 0.6) is 5.75 Å². The van der Waals surface area contributed by atoms with E-state index in [0.29, 0.717) is 19.0 Å². The summed E-state index contributed by atoms with van der Waals surface area (Å²) in [6.07, 6.45) is -0.674. The van der Waals surface area contributed by atoms with Crippen LogP contribution in [0.2, 0.25) is 0 Å². The van der Waals surface area contributed by atoms with Crippen molar-refractivity contribution in [3.05, 3.63) is 65.4 Å². The van der Waals surface area contributed by atoms with Gasteiger partial charge in [0.05, 0.1) is 13.2 Å². The molecule has 0 aliphatic carbocycles. The number of halogens is 1. The Morgan fingerprint density at radius 2 is 1.97 bits per heavy atom. The first-order valence-electron chi connectivity index (χ1n) is 9.43. The zero-order valence-corrected chi connectivity index (χ0v) is 19.3. The number of ether oxygens (including phenoxy) is 1. The van der Waals surface area contributed by atoms with Crippen LogP contribution in [0.4, 0.5) is 0 Å². The molecule has 29 heavy (non-hydrogen) atoms. The molecule has 0 saturated heterocycles. The van der Waals surface area contributed by atoms with E-state index in [1.807, 2.05) is 56.3 Å². The molecule has 0 amide bonds. The fraction of sp³-hybridized carbons (Fsp3) is 0.318. The first kappa shape index (κ1) is 23.0. The van der Waals surface area contributed by atoms with Gasteiger partial charge in [0, 0.05) is 24.0 Å². The van der Waals surface area contributed by atoms with Gasteiger partial charge >= 0.3 is 0 Å². The van der Waals surface area contributed by atoms with E-state index in [0.717, 1.165) is 40.2 Å². The molecule has 0 bridgehead atoms. The molecule has 0 spiro atoms. The smallest absolute Gasteiger partial charge is 0.191 e. The van der Waals surface area contributed by atoms with Crippen molar-refractivity contribution in [1.82, 2.24) is 10.6 Å². The minimum absolute atomic E-state index is 0. The lowest BCUT2D eigenvalue weighted by atomic mass is 10.1. The molecule has 3 N–H and O–H groups in total. The SMILES string of the molecule is CCNC(=NCc1oc2ccccc2c1C)NCC(O)c1cccc(OC)c1.I. The third kappa shape index (κ3) is 5.86. The molecule has 1 atom stereocenters. The lowest BCUT2D eigenvalue weighted by molar-refractivity contribution is 0.180. The summed E-state index contributed by atoms with van der Waals surface area (Å²) in [6, 6.07) is 15.4. The highest BCUT2D eigenvalue weighted by molar-refractivity contribution is 14.0. The summed E-state index contributed by atoms with van der Waals surface area (Å²) >= 11 is 0. The van der Waals surface area contributed by atoms with E-state index in [1.54, 1.807) is 7.11 Å². The van der Waals surface area contributed by atoms with E-state index in [4.69, 9.17) is 9.15 Å². The molecule has 0 aliphatic rings. The fourth-order valence-corrected chi connectivity index (χ4v) is 3.03. The lowest BCUT2D eigenvalue weighted by Crippen LogP contribution is -2.39. The van der Waals surface area contributed by atoms with Crippen molar-refractivity contribution in [2.24, 2.45) is 4.99 Å². The molecular formula is C22H28IN3O3. The average Bonchev–Trinajstić information content (AvgIpc) is 3.05. The number of aliphatic imine (C=N–C) groups is 1. The number of aliphatic hydroxyl groups excluding tert-OH is 1. The number of nitrogens with one attached hydrogen (secondary N) is 2. The summed E-state index contributed by atoms with van der Waals surface area (Å²) in [7, 11) is 1.61. The molecule has 0 fully saturated rings. The van der Waals surface area contributed by atoms with Gasteiger partial charge in [-0.2, -0.15) is 0 Å².